The van der Waals surface area contributed by atoms with E-state index in [0.29, 0.717) is 17.2 Å². The van der Waals surface area contributed by atoms with Crippen LogP contribution in [0.5, 0.6) is 5.75 Å². The van der Waals surface area contributed by atoms with Crippen molar-refractivity contribution in [2.45, 2.75) is 38.8 Å². The van der Waals surface area contributed by atoms with Crippen LogP contribution in [0.25, 0.3) is 11.3 Å². The maximum absolute atomic E-state index is 13.6. The molecule has 0 aliphatic carbocycles. The summed E-state index contributed by atoms with van der Waals surface area (Å²) >= 11 is 1.25. The van der Waals surface area contributed by atoms with E-state index in [-0.39, 0.29) is 23.9 Å². The topological polar surface area (TPSA) is 34.1 Å². The molecule has 3 rings (SSSR count). The molecule has 0 spiro atoms. The molecular weight excluding hydrogens is 440 g/mol. The highest BCUT2D eigenvalue weighted by Gasteiger charge is 2.34. The third-order valence-electron chi connectivity index (χ3n) is 4.61. The lowest BCUT2D eigenvalue weighted by atomic mass is 10.1. The van der Waals surface area contributed by atoms with E-state index in [9.17, 15) is 17.6 Å². The number of aromatic nitrogens is 1. The molecule has 1 heterocycles. The summed E-state index contributed by atoms with van der Waals surface area (Å²) in [6.07, 6.45) is 3.00. The summed E-state index contributed by atoms with van der Waals surface area (Å²) < 4.78 is 59.3. The predicted octanol–water partition coefficient (Wildman–Crippen LogP) is 8.23. The number of benzene rings is 2. The van der Waals surface area contributed by atoms with Gasteiger partial charge in [0.15, 0.2) is 5.13 Å². The molecule has 0 aliphatic heterocycles. The van der Waals surface area contributed by atoms with Gasteiger partial charge >= 0.3 is 6.18 Å². The molecule has 0 radical (unpaired) electrons. The molecule has 1 N–H and O–H groups in total. The van der Waals surface area contributed by atoms with Gasteiger partial charge in [-0.1, -0.05) is 19.1 Å². The van der Waals surface area contributed by atoms with Crippen molar-refractivity contribution in [1.82, 2.24) is 4.98 Å². The van der Waals surface area contributed by atoms with Gasteiger partial charge in [-0.15, -0.1) is 11.3 Å². The number of alkyl halides is 3. The Morgan fingerprint density at radius 3 is 2.56 bits per heavy atom. The highest BCUT2D eigenvalue weighted by molar-refractivity contribution is 7.14. The molecule has 0 saturated carbocycles. The molecular formula is C24H24F4N2OS. The summed E-state index contributed by atoms with van der Waals surface area (Å²) in [5.74, 6) is -0.532. The zero-order chi connectivity index (χ0) is 23.0. The fraction of sp³-hybridized carbons (Fsp3) is 0.292. The Kier molecular flexibility index (Phi) is 8.27. The number of nitrogens with zero attached hydrogens (tertiary/aromatic N) is 1. The second-order valence-corrected chi connectivity index (χ2v) is 7.96. The fourth-order valence-corrected chi connectivity index (χ4v) is 3.73. The average molecular weight is 465 g/mol. The number of hydrogen-bond donors (Lipinski definition) is 1. The molecule has 3 aromatic rings. The molecule has 0 saturated heterocycles. The van der Waals surface area contributed by atoms with E-state index in [0.717, 1.165) is 30.9 Å². The third kappa shape index (κ3) is 6.82. The summed E-state index contributed by atoms with van der Waals surface area (Å²) in [5.41, 5.74) is 0.765. The number of ether oxygens (including phenoxy) is 1. The largest absolute Gasteiger partial charge is 0.493 e. The molecule has 3 nitrogen and oxygen atoms in total. The van der Waals surface area contributed by atoms with E-state index in [4.69, 9.17) is 4.74 Å². The molecule has 0 aliphatic rings. The molecule has 32 heavy (non-hydrogen) atoms. The smallest absolute Gasteiger partial charge is 0.420 e. The van der Waals surface area contributed by atoms with E-state index in [1.807, 2.05) is 0 Å². The monoisotopic (exact) mass is 464 g/mol. The second-order valence-electron chi connectivity index (χ2n) is 7.10. The van der Waals surface area contributed by atoms with Gasteiger partial charge in [-0.25, -0.2) is 9.37 Å². The minimum atomic E-state index is -4.54. The van der Waals surface area contributed by atoms with Crippen molar-refractivity contribution < 1.29 is 22.3 Å². The van der Waals surface area contributed by atoms with Gasteiger partial charge in [-0.3, -0.25) is 0 Å². The van der Waals surface area contributed by atoms with Crippen LogP contribution in [0.4, 0.5) is 28.4 Å². The van der Waals surface area contributed by atoms with Crippen molar-refractivity contribution in [3.05, 3.63) is 71.4 Å². The highest BCUT2D eigenvalue weighted by atomic mass is 32.1. The minimum absolute atomic E-state index is 0.182. The summed E-state index contributed by atoms with van der Waals surface area (Å²) in [5, 5.41) is 5.10. The summed E-state index contributed by atoms with van der Waals surface area (Å²) in [6.45, 7) is 2.28. The number of nitrogens with one attached hydrogen (secondary N) is 1. The van der Waals surface area contributed by atoms with Crippen LogP contribution < -0.4 is 10.1 Å². The Morgan fingerprint density at radius 2 is 1.84 bits per heavy atom. The van der Waals surface area contributed by atoms with Crippen LogP contribution in [0.2, 0.25) is 0 Å². The van der Waals surface area contributed by atoms with Gasteiger partial charge in [0.1, 0.15) is 11.6 Å². The zero-order valence-electron chi connectivity index (χ0n) is 17.6. The predicted molar refractivity (Wildman–Crippen MR) is 121 cm³/mol. The Balaban J connectivity index is 1.66. The van der Waals surface area contributed by atoms with E-state index < -0.39 is 11.7 Å². The van der Waals surface area contributed by atoms with Gasteiger partial charge in [0.25, 0.3) is 0 Å². The van der Waals surface area contributed by atoms with Crippen molar-refractivity contribution in [1.29, 1.82) is 0 Å². The lowest BCUT2D eigenvalue weighted by Gasteiger charge is -2.15. The van der Waals surface area contributed by atoms with Crippen molar-refractivity contribution in [3.63, 3.8) is 0 Å². The maximum atomic E-state index is 13.6. The van der Waals surface area contributed by atoms with Crippen LogP contribution in [0.3, 0.4) is 0 Å². The molecule has 0 fully saturated rings. The Bertz CT molecular complexity index is 1030. The Hall–Kier alpha value is -2.87. The first kappa shape index (κ1) is 23.8. The molecule has 170 valence electrons. The van der Waals surface area contributed by atoms with Gasteiger partial charge in [-0.2, -0.15) is 13.2 Å². The zero-order valence-corrected chi connectivity index (χ0v) is 18.4. The fourth-order valence-electron chi connectivity index (χ4n) is 2.99. The number of anilines is 2. The molecule has 1 aromatic heterocycles. The van der Waals surface area contributed by atoms with E-state index >= 15 is 0 Å². The van der Waals surface area contributed by atoms with Gasteiger partial charge in [-0.05, 0) is 68.1 Å². The molecule has 2 aromatic carbocycles. The van der Waals surface area contributed by atoms with Gasteiger partial charge in [0.05, 0.1) is 17.9 Å². The van der Waals surface area contributed by atoms with Gasteiger partial charge in [0.2, 0.25) is 0 Å². The average Bonchev–Trinajstić information content (AvgIpc) is 3.22. The summed E-state index contributed by atoms with van der Waals surface area (Å²) in [4.78, 5) is 4.38. The molecule has 0 bridgehead atoms. The molecule has 0 atom stereocenters. The van der Waals surface area contributed by atoms with Crippen LogP contribution in [0, 0.1) is 5.82 Å². The standard InChI is InChI=1S/C24H24F4N2OS/c1-2-3-4-5-6-7-14-31-22-13-12-19(15-20(22)24(26,27)28)29-23-30-21(16-32-23)17-8-10-18(25)11-9-17/h3-4,8-13,15-16H,2,5-7,14H2,1H3,(H,29,30). The summed E-state index contributed by atoms with van der Waals surface area (Å²) in [6, 6.07) is 9.75. The van der Waals surface area contributed by atoms with Crippen LogP contribution in [-0.4, -0.2) is 11.6 Å². The Morgan fingerprint density at radius 1 is 1.06 bits per heavy atom. The first-order valence-electron chi connectivity index (χ1n) is 10.3. The molecule has 0 amide bonds. The first-order chi connectivity index (χ1) is 15.4. The van der Waals surface area contributed by atoms with Gasteiger partial charge < -0.3 is 10.1 Å². The lowest BCUT2D eigenvalue weighted by molar-refractivity contribution is -0.138. The van der Waals surface area contributed by atoms with Crippen molar-refractivity contribution >= 4 is 22.2 Å². The van der Waals surface area contributed by atoms with E-state index in [1.165, 1.54) is 35.6 Å². The van der Waals surface area contributed by atoms with Gasteiger partial charge in [0, 0.05) is 16.6 Å². The Labute approximate surface area is 188 Å². The van der Waals surface area contributed by atoms with Crippen LogP contribution in [-0.2, 0) is 6.18 Å². The van der Waals surface area contributed by atoms with Crippen molar-refractivity contribution in [2.75, 3.05) is 11.9 Å². The van der Waals surface area contributed by atoms with Crippen LogP contribution in [0.1, 0.15) is 38.2 Å². The van der Waals surface area contributed by atoms with E-state index in [1.54, 1.807) is 17.5 Å². The SMILES string of the molecule is CCC=CCCCCOc1ccc(Nc2nc(-c3ccc(F)cc3)cs2)cc1C(F)(F)F. The first-order valence-corrected chi connectivity index (χ1v) is 11.2. The minimum Gasteiger partial charge on any atom is -0.493 e. The van der Waals surface area contributed by atoms with E-state index in [2.05, 4.69) is 29.4 Å². The third-order valence-corrected chi connectivity index (χ3v) is 5.36. The maximum Gasteiger partial charge on any atom is 0.420 e. The number of thiazole rings is 1. The lowest BCUT2D eigenvalue weighted by Crippen LogP contribution is -2.10. The number of unbranched alkanes of at least 4 members (excludes halogenated alkanes) is 2. The highest BCUT2D eigenvalue weighted by Crippen LogP contribution is 2.39. The second kappa shape index (κ2) is 11.1. The quantitative estimate of drug-likeness (QED) is 0.186. The molecule has 0 unspecified atom stereocenters. The van der Waals surface area contributed by atoms with Crippen LogP contribution >= 0.6 is 11.3 Å². The number of allylic oxidation sites excluding steroid dienone is 2. The normalized spacial score (nSPS) is 11.8. The number of halogens is 4. The number of rotatable bonds is 10. The van der Waals surface area contributed by atoms with Crippen molar-refractivity contribution in [3.8, 4) is 17.0 Å². The number of hydrogen-bond acceptors (Lipinski definition) is 4. The van der Waals surface area contributed by atoms with Crippen molar-refractivity contribution in [2.24, 2.45) is 0 Å². The summed E-state index contributed by atoms with van der Waals surface area (Å²) in [7, 11) is 0. The molecule has 8 heteroatoms. The van der Waals surface area contributed by atoms with Crippen LogP contribution in [0.15, 0.2) is 60.0 Å².